The Bertz CT molecular complexity index is 700. The molecule has 2 heterocycles. The first-order valence-corrected chi connectivity index (χ1v) is 7.48. The number of hydrogen-bond acceptors (Lipinski definition) is 4. The van der Waals surface area contributed by atoms with Gasteiger partial charge in [-0.1, -0.05) is 12.1 Å². The fraction of sp³-hybridized carbons (Fsp3) is 0.467. The summed E-state index contributed by atoms with van der Waals surface area (Å²) in [5.74, 6) is -0.153. The van der Waals surface area contributed by atoms with E-state index in [1.54, 1.807) is 0 Å². The fourth-order valence-corrected chi connectivity index (χ4v) is 2.64. The highest BCUT2D eigenvalue weighted by molar-refractivity contribution is 5.80. The van der Waals surface area contributed by atoms with Gasteiger partial charge in [0.25, 0.3) is 0 Å². The number of hydrogen-bond donors (Lipinski definition) is 2. The molecule has 118 valence electrons. The lowest BCUT2D eigenvalue weighted by Gasteiger charge is -2.26. The van der Waals surface area contributed by atoms with Gasteiger partial charge in [0.1, 0.15) is 6.54 Å². The number of para-hydroxylation sites is 2. The number of aromatic nitrogens is 2. The SMILES string of the molecule is O=C(Cn1c(=O)[nH]c2ccccc21)NCCN1CCOCC1. The van der Waals surface area contributed by atoms with Gasteiger partial charge in [-0.05, 0) is 12.1 Å². The number of benzene rings is 1. The number of carbonyl (C=O) groups excluding carboxylic acids is 1. The highest BCUT2D eigenvalue weighted by atomic mass is 16.5. The molecular weight excluding hydrogens is 284 g/mol. The summed E-state index contributed by atoms with van der Waals surface area (Å²) in [4.78, 5) is 28.9. The van der Waals surface area contributed by atoms with Gasteiger partial charge in [-0.25, -0.2) is 4.79 Å². The van der Waals surface area contributed by atoms with Crippen LogP contribution in [0.25, 0.3) is 11.0 Å². The lowest BCUT2D eigenvalue weighted by Crippen LogP contribution is -2.42. The minimum atomic E-state index is -0.260. The standard InChI is InChI=1S/C15H20N4O3/c20-14(16-5-6-18-7-9-22-10-8-18)11-19-13-4-2-1-3-12(13)17-15(19)21/h1-4H,5-11H2,(H,16,20)(H,17,21). The Morgan fingerprint density at radius 1 is 1.27 bits per heavy atom. The molecule has 1 aliphatic heterocycles. The second kappa shape index (κ2) is 6.76. The van der Waals surface area contributed by atoms with Gasteiger partial charge in [0.2, 0.25) is 5.91 Å². The van der Waals surface area contributed by atoms with E-state index in [1.807, 2.05) is 24.3 Å². The van der Waals surface area contributed by atoms with Gasteiger partial charge in [0, 0.05) is 26.2 Å². The van der Waals surface area contributed by atoms with Crippen LogP contribution in [-0.4, -0.2) is 59.8 Å². The van der Waals surface area contributed by atoms with E-state index in [9.17, 15) is 9.59 Å². The van der Waals surface area contributed by atoms with E-state index in [2.05, 4.69) is 15.2 Å². The van der Waals surface area contributed by atoms with E-state index in [4.69, 9.17) is 4.74 Å². The predicted octanol–water partition coefficient (Wildman–Crippen LogP) is -0.222. The minimum Gasteiger partial charge on any atom is -0.379 e. The molecule has 1 fully saturated rings. The summed E-state index contributed by atoms with van der Waals surface area (Å²) in [6.45, 7) is 4.71. The Labute approximate surface area is 127 Å². The van der Waals surface area contributed by atoms with Crippen LogP contribution >= 0.6 is 0 Å². The van der Waals surface area contributed by atoms with E-state index in [1.165, 1.54) is 4.57 Å². The number of nitrogens with zero attached hydrogens (tertiary/aromatic N) is 2. The smallest absolute Gasteiger partial charge is 0.326 e. The quantitative estimate of drug-likeness (QED) is 0.800. The summed E-state index contributed by atoms with van der Waals surface area (Å²) < 4.78 is 6.74. The first-order chi connectivity index (χ1) is 10.7. The van der Waals surface area contributed by atoms with Gasteiger partial charge in [0.05, 0.1) is 24.2 Å². The zero-order chi connectivity index (χ0) is 15.4. The Hall–Kier alpha value is -2.12. The summed E-state index contributed by atoms with van der Waals surface area (Å²) in [5.41, 5.74) is 1.23. The predicted molar refractivity (Wildman–Crippen MR) is 82.8 cm³/mol. The minimum absolute atomic E-state index is 0.0337. The van der Waals surface area contributed by atoms with Crippen LogP contribution < -0.4 is 11.0 Å². The van der Waals surface area contributed by atoms with Crippen molar-refractivity contribution in [3.63, 3.8) is 0 Å². The molecule has 0 saturated carbocycles. The van der Waals surface area contributed by atoms with E-state index < -0.39 is 0 Å². The van der Waals surface area contributed by atoms with Crippen molar-refractivity contribution in [3.8, 4) is 0 Å². The first kappa shape index (κ1) is 14.8. The summed E-state index contributed by atoms with van der Waals surface area (Å²) in [5, 5.41) is 2.87. The third kappa shape index (κ3) is 3.37. The average molecular weight is 304 g/mol. The molecule has 0 aliphatic carbocycles. The molecule has 0 bridgehead atoms. The molecule has 3 rings (SSSR count). The molecule has 0 unspecified atom stereocenters. The van der Waals surface area contributed by atoms with Crippen LogP contribution in [0.15, 0.2) is 29.1 Å². The number of fused-ring (bicyclic) bond motifs is 1. The van der Waals surface area contributed by atoms with Crippen LogP contribution in [-0.2, 0) is 16.1 Å². The summed E-state index contributed by atoms with van der Waals surface area (Å²) in [7, 11) is 0. The van der Waals surface area contributed by atoms with E-state index >= 15 is 0 Å². The molecule has 1 aromatic heterocycles. The number of carbonyl (C=O) groups is 1. The van der Waals surface area contributed by atoms with Gasteiger partial charge in [-0.15, -0.1) is 0 Å². The van der Waals surface area contributed by atoms with E-state index in [-0.39, 0.29) is 18.1 Å². The van der Waals surface area contributed by atoms with Crippen LogP contribution in [0.4, 0.5) is 0 Å². The largest absolute Gasteiger partial charge is 0.379 e. The topological polar surface area (TPSA) is 79.4 Å². The maximum atomic E-state index is 12.0. The lowest BCUT2D eigenvalue weighted by molar-refractivity contribution is -0.121. The van der Waals surface area contributed by atoms with Gasteiger partial charge in [-0.2, -0.15) is 0 Å². The number of H-pyrrole nitrogens is 1. The normalized spacial score (nSPS) is 16.0. The maximum Gasteiger partial charge on any atom is 0.326 e. The Morgan fingerprint density at radius 3 is 2.86 bits per heavy atom. The van der Waals surface area contributed by atoms with Gasteiger partial charge < -0.3 is 15.0 Å². The Kier molecular flexibility index (Phi) is 4.55. The van der Waals surface area contributed by atoms with Crippen molar-refractivity contribution < 1.29 is 9.53 Å². The Balaban J connectivity index is 1.54. The van der Waals surface area contributed by atoms with E-state index in [0.29, 0.717) is 6.54 Å². The zero-order valence-corrected chi connectivity index (χ0v) is 12.4. The third-order valence-electron chi connectivity index (χ3n) is 3.84. The van der Waals surface area contributed by atoms with Crippen molar-refractivity contribution in [2.24, 2.45) is 0 Å². The lowest BCUT2D eigenvalue weighted by atomic mass is 10.3. The Morgan fingerprint density at radius 2 is 2.05 bits per heavy atom. The van der Waals surface area contributed by atoms with Gasteiger partial charge >= 0.3 is 5.69 Å². The number of imidazole rings is 1. The van der Waals surface area contributed by atoms with Crippen LogP contribution in [0.1, 0.15) is 0 Å². The molecule has 7 heteroatoms. The van der Waals surface area contributed by atoms with E-state index in [0.717, 1.165) is 43.9 Å². The maximum absolute atomic E-state index is 12.0. The second-order valence-electron chi connectivity index (χ2n) is 5.34. The summed E-state index contributed by atoms with van der Waals surface area (Å²) in [6, 6.07) is 7.35. The third-order valence-corrected chi connectivity index (χ3v) is 3.84. The molecule has 0 radical (unpaired) electrons. The number of ether oxygens (including phenoxy) is 1. The molecule has 2 N–H and O–H groups in total. The summed E-state index contributed by atoms with van der Waals surface area (Å²) >= 11 is 0. The van der Waals surface area contributed by atoms with Crippen molar-refractivity contribution in [1.29, 1.82) is 0 Å². The van der Waals surface area contributed by atoms with Crippen LogP contribution in [0, 0.1) is 0 Å². The monoisotopic (exact) mass is 304 g/mol. The molecule has 1 amide bonds. The number of rotatable bonds is 5. The molecule has 22 heavy (non-hydrogen) atoms. The first-order valence-electron chi connectivity index (χ1n) is 7.48. The fourth-order valence-electron chi connectivity index (χ4n) is 2.64. The molecule has 1 saturated heterocycles. The second-order valence-corrected chi connectivity index (χ2v) is 5.34. The number of aromatic amines is 1. The van der Waals surface area contributed by atoms with Crippen LogP contribution in [0.3, 0.4) is 0 Å². The van der Waals surface area contributed by atoms with Crippen molar-refractivity contribution >= 4 is 16.9 Å². The van der Waals surface area contributed by atoms with Crippen molar-refractivity contribution in [2.45, 2.75) is 6.54 Å². The summed E-state index contributed by atoms with van der Waals surface area (Å²) in [6.07, 6.45) is 0. The number of nitrogens with one attached hydrogen (secondary N) is 2. The highest BCUT2D eigenvalue weighted by Gasteiger charge is 2.12. The van der Waals surface area contributed by atoms with Gasteiger partial charge in [0.15, 0.2) is 0 Å². The average Bonchev–Trinajstić information content (AvgIpc) is 2.84. The highest BCUT2D eigenvalue weighted by Crippen LogP contribution is 2.08. The zero-order valence-electron chi connectivity index (χ0n) is 12.4. The molecule has 0 atom stereocenters. The molecule has 1 aliphatic rings. The van der Waals surface area contributed by atoms with Crippen LogP contribution in [0.5, 0.6) is 0 Å². The van der Waals surface area contributed by atoms with Gasteiger partial charge in [-0.3, -0.25) is 14.3 Å². The van der Waals surface area contributed by atoms with Crippen molar-refractivity contribution in [1.82, 2.24) is 19.8 Å². The van der Waals surface area contributed by atoms with Crippen molar-refractivity contribution in [2.75, 3.05) is 39.4 Å². The van der Waals surface area contributed by atoms with Crippen LogP contribution in [0.2, 0.25) is 0 Å². The molecular formula is C15H20N4O3. The molecule has 1 aromatic carbocycles. The number of morpholine rings is 1. The number of amides is 1. The molecule has 7 nitrogen and oxygen atoms in total. The molecule has 0 spiro atoms. The molecule has 2 aromatic rings. The van der Waals surface area contributed by atoms with Crippen molar-refractivity contribution in [3.05, 3.63) is 34.7 Å².